The van der Waals surface area contributed by atoms with E-state index in [1.807, 2.05) is 46.7 Å². The number of benzene rings is 1. The second kappa shape index (κ2) is 8.74. The van der Waals surface area contributed by atoms with E-state index in [9.17, 15) is 9.90 Å². The molecule has 134 valence electrons. The number of hydrogen-bond acceptors (Lipinski definition) is 5. The van der Waals surface area contributed by atoms with Crippen molar-refractivity contribution in [1.82, 2.24) is 4.90 Å². The minimum Gasteiger partial charge on any atom is -0.497 e. The molecule has 0 radical (unpaired) electrons. The number of aliphatic hydroxyl groups excluding tert-OH is 1. The fourth-order valence-electron chi connectivity index (χ4n) is 3.08. The summed E-state index contributed by atoms with van der Waals surface area (Å²) < 4.78 is 5.21. The number of carbonyl (C=O) groups is 1. The highest BCUT2D eigenvalue weighted by Gasteiger charge is 2.28. The van der Waals surface area contributed by atoms with Crippen LogP contribution in [0.3, 0.4) is 0 Å². The van der Waals surface area contributed by atoms with Crippen LogP contribution in [0.1, 0.15) is 23.8 Å². The van der Waals surface area contributed by atoms with Gasteiger partial charge in [0.1, 0.15) is 5.75 Å². The molecule has 1 fully saturated rings. The Kier molecular flexibility index (Phi) is 6.39. The van der Waals surface area contributed by atoms with Gasteiger partial charge in [-0.15, -0.1) is 23.1 Å². The average Bonchev–Trinajstić information content (AvgIpc) is 3.20. The molecule has 1 aromatic carbocycles. The summed E-state index contributed by atoms with van der Waals surface area (Å²) in [6.07, 6.45) is 1.31. The molecule has 6 heteroatoms. The number of piperidine rings is 1. The quantitative estimate of drug-likeness (QED) is 0.778. The summed E-state index contributed by atoms with van der Waals surface area (Å²) in [5.74, 6) is 1.65. The van der Waals surface area contributed by atoms with E-state index in [2.05, 4.69) is 0 Å². The molecule has 0 saturated carbocycles. The minimum atomic E-state index is -0.400. The first kappa shape index (κ1) is 18.3. The topological polar surface area (TPSA) is 49.8 Å². The van der Waals surface area contributed by atoms with Crippen LogP contribution in [0.5, 0.6) is 5.75 Å². The molecule has 1 N–H and O–H groups in total. The molecule has 25 heavy (non-hydrogen) atoms. The van der Waals surface area contributed by atoms with Gasteiger partial charge in [0.05, 0.1) is 19.0 Å². The molecule has 1 unspecified atom stereocenters. The van der Waals surface area contributed by atoms with Gasteiger partial charge in [-0.25, -0.2) is 0 Å². The third-order valence-corrected chi connectivity index (χ3v) is 6.50. The fraction of sp³-hybridized carbons (Fsp3) is 0.421. The Morgan fingerprint density at radius 3 is 2.84 bits per heavy atom. The van der Waals surface area contributed by atoms with Gasteiger partial charge in [0.2, 0.25) is 5.91 Å². The number of carbonyl (C=O) groups excluding carboxylic acids is 1. The van der Waals surface area contributed by atoms with Gasteiger partial charge in [0.25, 0.3) is 0 Å². The molecule has 0 aliphatic carbocycles. The molecule has 2 aromatic rings. The second-order valence-corrected chi connectivity index (χ2v) is 8.17. The zero-order valence-corrected chi connectivity index (χ0v) is 15.9. The van der Waals surface area contributed by atoms with Crippen LogP contribution in [0.2, 0.25) is 0 Å². The van der Waals surface area contributed by atoms with Crippen LogP contribution in [-0.2, 0) is 4.79 Å². The van der Waals surface area contributed by atoms with Crippen molar-refractivity contribution in [2.45, 2.75) is 23.8 Å². The van der Waals surface area contributed by atoms with E-state index >= 15 is 0 Å². The average molecular weight is 378 g/mol. The van der Waals surface area contributed by atoms with Crippen molar-refractivity contribution in [1.29, 1.82) is 0 Å². The van der Waals surface area contributed by atoms with Crippen LogP contribution in [0.15, 0.2) is 46.7 Å². The Bertz CT molecular complexity index is 682. The van der Waals surface area contributed by atoms with Crippen LogP contribution in [0.4, 0.5) is 0 Å². The van der Waals surface area contributed by atoms with Gasteiger partial charge in [-0.05, 0) is 48.4 Å². The van der Waals surface area contributed by atoms with Gasteiger partial charge in [-0.1, -0.05) is 12.1 Å². The number of ether oxygens (including phenoxy) is 1. The Morgan fingerprint density at radius 2 is 2.16 bits per heavy atom. The fourth-order valence-corrected chi connectivity index (χ4v) is 4.73. The molecule has 1 aromatic heterocycles. The standard InChI is InChI=1S/C19H23NO3S2/c1-23-15-4-2-5-16(12-15)25-13-18(21)20-9-7-14(8-10-20)19(22)17-6-3-11-24-17/h2-6,11-12,14,19,22H,7-10,13H2,1H3. The van der Waals surface area contributed by atoms with Crippen molar-refractivity contribution in [2.24, 2.45) is 5.92 Å². The minimum absolute atomic E-state index is 0.164. The summed E-state index contributed by atoms with van der Waals surface area (Å²) >= 11 is 3.13. The van der Waals surface area contributed by atoms with Crippen LogP contribution < -0.4 is 4.74 Å². The molecule has 2 heterocycles. The predicted molar refractivity (Wildman–Crippen MR) is 102 cm³/mol. The van der Waals surface area contributed by atoms with Crippen LogP contribution >= 0.6 is 23.1 Å². The Labute approximate surface area is 156 Å². The third-order valence-electron chi connectivity index (χ3n) is 4.58. The molecule has 1 aliphatic heterocycles. The van der Waals surface area contributed by atoms with Gasteiger partial charge < -0.3 is 14.7 Å². The largest absolute Gasteiger partial charge is 0.497 e. The van der Waals surface area contributed by atoms with Crippen molar-refractivity contribution in [2.75, 3.05) is 26.0 Å². The molecular weight excluding hydrogens is 354 g/mol. The van der Waals surface area contributed by atoms with E-state index in [1.54, 1.807) is 18.4 Å². The maximum Gasteiger partial charge on any atom is 0.232 e. The third kappa shape index (κ3) is 4.77. The highest BCUT2D eigenvalue weighted by molar-refractivity contribution is 8.00. The molecule has 1 atom stereocenters. The lowest BCUT2D eigenvalue weighted by Crippen LogP contribution is -2.40. The maximum atomic E-state index is 12.4. The molecule has 1 amide bonds. The number of likely N-dealkylation sites (tertiary alicyclic amines) is 1. The van der Waals surface area contributed by atoms with Gasteiger partial charge in [0, 0.05) is 22.9 Å². The van der Waals surface area contributed by atoms with Crippen molar-refractivity contribution >= 4 is 29.0 Å². The molecule has 0 spiro atoms. The first-order chi connectivity index (χ1) is 12.2. The summed E-state index contributed by atoms with van der Waals surface area (Å²) in [6, 6.07) is 11.7. The van der Waals surface area contributed by atoms with E-state index in [-0.39, 0.29) is 11.8 Å². The lowest BCUT2D eigenvalue weighted by molar-refractivity contribution is -0.130. The summed E-state index contributed by atoms with van der Waals surface area (Å²) in [7, 11) is 1.64. The SMILES string of the molecule is COc1cccc(SCC(=O)N2CCC(C(O)c3cccs3)CC2)c1. The second-order valence-electron chi connectivity index (χ2n) is 6.15. The van der Waals surface area contributed by atoms with Crippen molar-refractivity contribution in [3.63, 3.8) is 0 Å². The van der Waals surface area contributed by atoms with Crippen LogP contribution in [0.25, 0.3) is 0 Å². The monoisotopic (exact) mass is 377 g/mol. The van der Waals surface area contributed by atoms with Crippen molar-refractivity contribution < 1.29 is 14.6 Å². The Balaban J connectivity index is 1.46. The number of hydrogen-bond donors (Lipinski definition) is 1. The molecule has 4 nitrogen and oxygen atoms in total. The number of thioether (sulfide) groups is 1. The van der Waals surface area contributed by atoms with E-state index in [0.717, 1.165) is 41.5 Å². The molecule has 1 saturated heterocycles. The number of amides is 1. The van der Waals surface area contributed by atoms with E-state index in [1.165, 1.54) is 11.8 Å². The highest BCUT2D eigenvalue weighted by Crippen LogP contribution is 2.33. The first-order valence-electron chi connectivity index (χ1n) is 8.43. The van der Waals surface area contributed by atoms with Gasteiger partial charge in [0.15, 0.2) is 0 Å². The molecule has 1 aliphatic rings. The highest BCUT2D eigenvalue weighted by atomic mass is 32.2. The summed E-state index contributed by atoms with van der Waals surface area (Å²) in [5, 5.41) is 12.4. The van der Waals surface area contributed by atoms with Gasteiger partial charge >= 0.3 is 0 Å². The van der Waals surface area contributed by atoms with Crippen LogP contribution in [0, 0.1) is 5.92 Å². The maximum absolute atomic E-state index is 12.4. The normalized spacial score (nSPS) is 16.6. The Morgan fingerprint density at radius 1 is 1.36 bits per heavy atom. The number of thiophene rings is 1. The van der Waals surface area contributed by atoms with E-state index in [0.29, 0.717) is 5.75 Å². The lowest BCUT2D eigenvalue weighted by Gasteiger charge is -2.34. The van der Waals surface area contributed by atoms with Gasteiger partial charge in [-0.2, -0.15) is 0 Å². The zero-order chi connectivity index (χ0) is 17.6. The Hall–Kier alpha value is -1.50. The number of methoxy groups -OCH3 is 1. The smallest absolute Gasteiger partial charge is 0.232 e. The van der Waals surface area contributed by atoms with Crippen LogP contribution in [-0.4, -0.2) is 41.9 Å². The van der Waals surface area contributed by atoms with Crippen molar-refractivity contribution in [3.8, 4) is 5.75 Å². The van der Waals surface area contributed by atoms with E-state index in [4.69, 9.17) is 4.74 Å². The van der Waals surface area contributed by atoms with Crippen molar-refractivity contribution in [3.05, 3.63) is 46.7 Å². The summed E-state index contributed by atoms with van der Waals surface area (Å²) in [4.78, 5) is 16.4. The lowest BCUT2D eigenvalue weighted by atomic mass is 9.90. The number of nitrogens with zero attached hydrogens (tertiary/aromatic N) is 1. The zero-order valence-electron chi connectivity index (χ0n) is 14.3. The molecule has 0 bridgehead atoms. The first-order valence-corrected chi connectivity index (χ1v) is 10.3. The predicted octanol–water partition coefficient (Wildman–Crippen LogP) is 3.82. The number of rotatable bonds is 6. The molecular formula is C19H23NO3S2. The summed E-state index contributed by atoms with van der Waals surface area (Å²) in [6.45, 7) is 1.45. The van der Waals surface area contributed by atoms with Gasteiger partial charge in [-0.3, -0.25) is 4.79 Å². The molecule has 3 rings (SSSR count). The van der Waals surface area contributed by atoms with E-state index < -0.39 is 6.10 Å². The number of aliphatic hydroxyl groups is 1. The summed E-state index contributed by atoms with van der Waals surface area (Å²) in [5.41, 5.74) is 0.